The lowest BCUT2D eigenvalue weighted by Crippen LogP contribution is -2.03. The maximum atomic E-state index is 5.25. The summed E-state index contributed by atoms with van der Waals surface area (Å²) in [6.45, 7) is 0. The fourth-order valence-electron chi connectivity index (χ4n) is 7.91. The number of thiophene rings is 1. The van der Waals surface area contributed by atoms with Gasteiger partial charge in [-0.1, -0.05) is 115 Å². The van der Waals surface area contributed by atoms with Crippen molar-refractivity contribution in [2.45, 2.75) is 0 Å². The van der Waals surface area contributed by atoms with Gasteiger partial charge in [-0.05, 0) is 54.6 Å². The third-order valence-corrected chi connectivity index (χ3v) is 11.2. The summed E-state index contributed by atoms with van der Waals surface area (Å²) in [6, 6.07) is 60.4. The average molecular weight is 669 g/mol. The number of fused-ring (bicyclic) bond motifs is 10. The highest BCUT2D eigenvalue weighted by molar-refractivity contribution is 7.26. The number of hydrogen-bond acceptors (Lipinski definition) is 3. The van der Waals surface area contributed by atoms with Crippen LogP contribution in [0.1, 0.15) is 0 Å². The van der Waals surface area contributed by atoms with Gasteiger partial charge < -0.3 is 4.57 Å². The fraction of sp³-hybridized carbons (Fsp3) is 0. The molecule has 0 aliphatic heterocycles. The summed E-state index contributed by atoms with van der Waals surface area (Å²) in [5.74, 6) is 0.662. The van der Waals surface area contributed by atoms with E-state index in [-0.39, 0.29) is 0 Å². The number of benzene rings is 7. The smallest absolute Gasteiger partial charge is 0.235 e. The number of nitrogens with zero attached hydrogens (tertiary/aromatic N) is 4. The molecule has 0 saturated heterocycles. The van der Waals surface area contributed by atoms with Crippen LogP contribution in [0.4, 0.5) is 0 Å². The molecule has 4 aromatic heterocycles. The summed E-state index contributed by atoms with van der Waals surface area (Å²) in [5, 5.41) is 7.53. The van der Waals surface area contributed by atoms with Gasteiger partial charge in [0.2, 0.25) is 5.95 Å². The second-order valence-corrected chi connectivity index (χ2v) is 14.1. The first-order valence-electron chi connectivity index (χ1n) is 17.2. The quantitative estimate of drug-likeness (QED) is 0.187. The molecule has 0 amide bonds. The highest BCUT2D eigenvalue weighted by Gasteiger charge is 2.21. The van der Waals surface area contributed by atoms with Crippen LogP contribution in [-0.4, -0.2) is 19.1 Å². The first-order chi connectivity index (χ1) is 25.3. The van der Waals surface area contributed by atoms with Crippen LogP contribution in [0.2, 0.25) is 0 Å². The zero-order chi connectivity index (χ0) is 33.5. The van der Waals surface area contributed by atoms with Gasteiger partial charge in [0.25, 0.3) is 0 Å². The van der Waals surface area contributed by atoms with Crippen LogP contribution in [-0.2, 0) is 0 Å². The zero-order valence-electron chi connectivity index (χ0n) is 27.4. The van der Waals surface area contributed by atoms with Gasteiger partial charge in [0, 0.05) is 58.5 Å². The number of rotatable bonds is 4. The van der Waals surface area contributed by atoms with E-state index in [2.05, 4.69) is 167 Å². The molecule has 0 bridgehead atoms. The molecule has 0 atom stereocenters. The molecule has 4 heterocycles. The number of aromatic nitrogens is 4. The molecule has 7 aromatic carbocycles. The second-order valence-electron chi connectivity index (χ2n) is 13.0. The number of hydrogen-bond donors (Lipinski definition) is 0. The normalized spacial score (nSPS) is 11.9. The van der Waals surface area contributed by atoms with Crippen LogP contribution < -0.4 is 0 Å². The molecule has 11 aromatic rings. The summed E-state index contributed by atoms with van der Waals surface area (Å²) in [4.78, 5) is 10.5. The van der Waals surface area contributed by atoms with Crippen LogP contribution in [0, 0.1) is 0 Å². The van der Waals surface area contributed by atoms with Gasteiger partial charge in [-0.15, -0.1) is 11.3 Å². The molecule has 0 radical (unpaired) electrons. The Hall–Kier alpha value is -6.56. The van der Waals surface area contributed by atoms with Gasteiger partial charge in [0.15, 0.2) is 0 Å². The molecule has 0 saturated carbocycles. The Balaban J connectivity index is 1.23. The summed E-state index contributed by atoms with van der Waals surface area (Å²) in [6.07, 6.45) is 0. The minimum Gasteiger partial charge on any atom is -0.309 e. The van der Waals surface area contributed by atoms with Crippen molar-refractivity contribution in [3.05, 3.63) is 170 Å². The average Bonchev–Trinajstić information content (AvgIpc) is 3.85. The molecule has 0 N–H and O–H groups in total. The number of para-hydroxylation sites is 3. The van der Waals surface area contributed by atoms with Crippen LogP contribution in [0.25, 0.3) is 97.9 Å². The standard InChI is InChI=1S/C46H28N4S/c1-4-14-29(15-5-1)36-27-37(30-16-6-2-7-17-30)48-46(47-36)50-38-22-12-10-20-32(38)34-26-35-43(28-41(34)50)51-42-25-24-40-44(45(35)42)33-21-11-13-23-39(33)49(40)31-18-8-3-9-19-31/h1-28H. The van der Waals surface area contributed by atoms with E-state index in [0.29, 0.717) is 5.95 Å². The lowest BCUT2D eigenvalue weighted by molar-refractivity contribution is 0.996. The molecule has 0 spiro atoms. The minimum atomic E-state index is 0.662. The summed E-state index contributed by atoms with van der Waals surface area (Å²) in [5.41, 5.74) is 9.70. The molecule has 0 fully saturated rings. The second kappa shape index (κ2) is 11.0. The maximum Gasteiger partial charge on any atom is 0.235 e. The minimum absolute atomic E-state index is 0.662. The van der Waals surface area contributed by atoms with Gasteiger partial charge in [0.05, 0.1) is 33.5 Å². The van der Waals surface area contributed by atoms with Gasteiger partial charge in [-0.2, -0.15) is 0 Å². The van der Waals surface area contributed by atoms with Gasteiger partial charge in [0.1, 0.15) is 0 Å². The van der Waals surface area contributed by atoms with Crippen molar-refractivity contribution in [3.63, 3.8) is 0 Å². The Morgan fingerprint density at radius 2 is 0.961 bits per heavy atom. The van der Waals surface area contributed by atoms with Crippen molar-refractivity contribution in [2.75, 3.05) is 0 Å². The first kappa shape index (κ1) is 28.3. The molecular formula is C46H28N4S. The van der Waals surface area contributed by atoms with Gasteiger partial charge in [-0.3, -0.25) is 4.57 Å². The van der Waals surface area contributed by atoms with E-state index in [9.17, 15) is 0 Å². The van der Waals surface area contributed by atoms with E-state index in [1.807, 2.05) is 23.5 Å². The molecule has 0 unspecified atom stereocenters. The lowest BCUT2D eigenvalue weighted by atomic mass is 10.0. The zero-order valence-corrected chi connectivity index (χ0v) is 28.2. The first-order valence-corrected chi connectivity index (χ1v) is 18.0. The van der Waals surface area contributed by atoms with Crippen LogP contribution >= 0.6 is 11.3 Å². The highest BCUT2D eigenvalue weighted by atomic mass is 32.1. The van der Waals surface area contributed by atoms with Crippen molar-refractivity contribution >= 4 is 75.1 Å². The molecule has 5 heteroatoms. The van der Waals surface area contributed by atoms with E-state index >= 15 is 0 Å². The third kappa shape index (κ3) is 4.25. The molecule has 51 heavy (non-hydrogen) atoms. The van der Waals surface area contributed by atoms with E-state index in [1.54, 1.807) is 0 Å². The maximum absolute atomic E-state index is 5.25. The van der Waals surface area contributed by atoms with Gasteiger partial charge in [-0.25, -0.2) is 9.97 Å². The van der Waals surface area contributed by atoms with Crippen molar-refractivity contribution in [2.24, 2.45) is 0 Å². The van der Waals surface area contributed by atoms with E-state index in [4.69, 9.17) is 9.97 Å². The summed E-state index contributed by atoms with van der Waals surface area (Å²) in [7, 11) is 0. The Morgan fingerprint density at radius 1 is 0.373 bits per heavy atom. The molecule has 238 valence electrons. The van der Waals surface area contributed by atoms with E-state index in [0.717, 1.165) is 33.5 Å². The third-order valence-electron chi connectivity index (χ3n) is 10.1. The van der Waals surface area contributed by atoms with E-state index < -0.39 is 0 Å². The predicted octanol–water partition coefficient (Wildman–Crippen LogP) is 12.4. The molecule has 11 rings (SSSR count). The molecule has 0 aliphatic carbocycles. The Labute approximate surface area is 297 Å². The largest absolute Gasteiger partial charge is 0.309 e. The van der Waals surface area contributed by atoms with Crippen molar-refractivity contribution < 1.29 is 0 Å². The lowest BCUT2D eigenvalue weighted by Gasteiger charge is -2.11. The molecular weight excluding hydrogens is 641 g/mol. The summed E-state index contributed by atoms with van der Waals surface area (Å²) < 4.78 is 7.18. The Kier molecular flexibility index (Phi) is 6.09. The van der Waals surface area contributed by atoms with E-state index in [1.165, 1.54) is 58.4 Å². The Morgan fingerprint density at radius 3 is 1.65 bits per heavy atom. The molecule has 4 nitrogen and oxygen atoms in total. The highest BCUT2D eigenvalue weighted by Crippen LogP contribution is 2.46. The van der Waals surface area contributed by atoms with Crippen molar-refractivity contribution in [1.29, 1.82) is 0 Å². The van der Waals surface area contributed by atoms with Crippen LogP contribution in [0.3, 0.4) is 0 Å². The predicted molar refractivity (Wildman–Crippen MR) is 214 cm³/mol. The molecule has 0 aliphatic rings. The van der Waals surface area contributed by atoms with Crippen molar-refractivity contribution in [1.82, 2.24) is 19.1 Å². The Bertz CT molecular complexity index is 3060. The van der Waals surface area contributed by atoms with Crippen molar-refractivity contribution in [3.8, 4) is 34.2 Å². The monoisotopic (exact) mass is 668 g/mol. The summed E-state index contributed by atoms with van der Waals surface area (Å²) >= 11 is 1.86. The van der Waals surface area contributed by atoms with Gasteiger partial charge >= 0.3 is 0 Å². The fourth-order valence-corrected chi connectivity index (χ4v) is 9.04. The van der Waals surface area contributed by atoms with Crippen LogP contribution in [0.5, 0.6) is 0 Å². The van der Waals surface area contributed by atoms with Crippen LogP contribution in [0.15, 0.2) is 170 Å². The SMILES string of the molecule is c1ccc(-c2cc(-c3ccccc3)nc(-n3c4ccccc4c4cc5c(cc43)sc3ccc4c(c6ccccc6n4-c4ccccc4)c35)n2)cc1. The topological polar surface area (TPSA) is 35.6 Å².